The van der Waals surface area contributed by atoms with E-state index in [1.165, 1.54) is 4.80 Å². The number of amides is 1. The quantitative estimate of drug-likeness (QED) is 0.801. The summed E-state index contributed by atoms with van der Waals surface area (Å²) in [5, 5.41) is 14.8. The fourth-order valence-electron chi connectivity index (χ4n) is 2.83. The van der Waals surface area contributed by atoms with E-state index >= 15 is 0 Å². The Labute approximate surface area is 138 Å². The van der Waals surface area contributed by atoms with Crippen LogP contribution in [0.4, 0.5) is 4.79 Å². The van der Waals surface area contributed by atoms with Crippen LogP contribution in [0.1, 0.15) is 23.5 Å². The van der Waals surface area contributed by atoms with Crippen molar-refractivity contribution in [2.24, 2.45) is 7.05 Å². The number of nitrogens with one attached hydrogen (secondary N) is 1. The first-order valence-electron chi connectivity index (χ1n) is 7.57. The average molecular weight is 321 g/mol. The molecule has 2 atom stereocenters. The van der Waals surface area contributed by atoms with Gasteiger partial charge >= 0.3 is 6.09 Å². The molecule has 1 aliphatic heterocycles. The Hall–Kier alpha value is -3.22. The number of hydrogen-bond donors (Lipinski definition) is 1. The van der Waals surface area contributed by atoms with Gasteiger partial charge in [-0.2, -0.15) is 4.80 Å². The van der Waals surface area contributed by atoms with Crippen LogP contribution < -0.4 is 5.32 Å². The molecule has 0 unspecified atom stereocenters. The second-order valence-corrected chi connectivity index (χ2v) is 5.58. The van der Waals surface area contributed by atoms with E-state index in [0.29, 0.717) is 5.82 Å². The van der Waals surface area contributed by atoms with Gasteiger partial charge in [0.05, 0.1) is 7.05 Å². The number of tetrazole rings is 1. The van der Waals surface area contributed by atoms with Crippen molar-refractivity contribution in [2.75, 3.05) is 0 Å². The number of alkyl carbamates (subject to hydrolysis) is 1. The van der Waals surface area contributed by atoms with Gasteiger partial charge in [-0.3, -0.25) is 0 Å². The van der Waals surface area contributed by atoms with Crippen LogP contribution in [0, 0.1) is 0 Å². The van der Waals surface area contributed by atoms with Crippen LogP contribution in [0.15, 0.2) is 54.6 Å². The largest absolute Gasteiger partial charge is 0.435 e. The normalized spacial score (nSPS) is 19.8. The summed E-state index contributed by atoms with van der Waals surface area (Å²) in [5.41, 5.74) is 3.11. The zero-order valence-corrected chi connectivity index (χ0v) is 13.0. The van der Waals surface area contributed by atoms with Crippen molar-refractivity contribution < 1.29 is 9.53 Å². The van der Waals surface area contributed by atoms with E-state index in [9.17, 15) is 4.79 Å². The maximum absolute atomic E-state index is 11.8. The van der Waals surface area contributed by atoms with Crippen LogP contribution in [0.25, 0.3) is 11.1 Å². The number of benzene rings is 2. The highest BCUT2D eigenvalue weighted by atomic mass is 16.6. The van der Waals surface area contributed by atoms with E-state index in [1.807, 2.05) is 54.6 Å². The molecule has 24 heavy (non-hydrogen) atoms. The predicted molar refractivity (Wildman–Crippen MR) is 85.8 cm³/mol. The lowest BCUT2D eigenvalue weighted by molar-refractivity contribution is 0.127. The molecule has 0 spiro atoms. The van der Waals surface area contributed by atoms with Crippen molar-refractivity contribution in [3.05, 3.63) is 66.0 Å². The topological polar surface area (TPSA) is 81.9 Å². The fourth-order valence-corrected chi connectivity index (χ4v) is 2.83. The average Bonchev–Trinajstić information content (AvgIpc) is 3.21. The number of nitrogens with zero attached hydrogens (tertiary/aromatic N) is 4. The molecule has 1 fully saturated rings. The van der Waals surface area contributed by atoms with E-state index in [1.54, 1.807) is 7.05 Å². The van der Waals surface area contributed by atoms with Crippen molar-refractivity contribution in [1.82, 2.24) is 25.5 Å². The van der Waals surface area contributed by atoms with E-state index in [2.05, 4.69) is 20.7 Å². The number of aromatic nitrogens is 4. The third-order valence-electron chi connectivity index (χ3n) is 3.94. The molecule has 0 radical (unpaired) electrons. The molecule has 0 aliphatic carbocycles. The molecule has 1 aliphatic rings. The van der Waals surface area contributed by atoms with Gasteiger partial charge in [0.15, 0.2) is 6.10 Å². The molecule has 0 saturated carbocycles. The molecule has 2 heterocycles. The molecule has 7 nitrogen and oxygen atoms in total. The van der Waals surface area contributed by atoms with Crippen LogP contribution in [0.3, 0.4) is 0 Å². The standard InChI is InChI=1S/C17H15N5O2/c1-22-20-16(19-21-22)15-14(18-17(23)24-15)13-9-5-8-12(10-13)11-6-3-2-4-7-11/h2-10,14-15H,1H3,(H,18,23)/t14-,15+/m1/s1. The van der Waals surface area contributed by atoms with Crippen molar-refractivity contribution in [2.45, 2.75) is 12.1 Å². The van der Waals surface area contributed by atoms with Gasteiger partial charge in [-0.25, -0.2) is 4.79 Å². The summed E-state index contributed by atoms with van der Waals surface area (Å²) in [7, 11) is 1.67. The van der Waals surface area contributed by atoms with Gasteiger partial charge < -0.3 is 10.1 Å². The monoisotopic (exact) mass is 321 g/mol. The summed E-state index contributed by atoms with van der Waals surface area (Å²) in [6.07, 6.45) is -1.08. The Morgan fingerprint density at radius 3 is 2.62 bits per heavy atom. The Balaban J connectivity index is 1.70. The predicted octanol–water partition coefficient (Wildman–Crippen LogP) is 2.40. The van der Waals surface area contributed by atoms with Gasteiger partial charge in [0.1, 0.15) is 6.04 Å². The lowest BCUT2D eigenvalue weighted by Crippen LogP contribution is -2.20. The molecule has 4 rings (SSSR count). The summed E-state index contributed by atoms with van der Waals surface area (Å²) < 4.78 is 5.34. The zero-order valence-electron chi connectivity index (χ0n) is 13.0. The molecular formula is C17H15N5O2. The first kappa shape index (κ1) is 14.4. The number of hydrogen-bond acceptors (Lipinski definition) is 5. The Morgan fingerprint density at radius 2 is 1.88 bits per heavy atom. The van der Waals surface area contributed by atoms with Crippen LogP contribution in [-0.2, 0) is 11.8 Å². The number of aryl methyl sites for hydroxylation is 1. The smallest absolute Gasteiger partial charge is 0.408 e. The zero-order chi connectivity index (χ0) is 16.5. The van der Waals surface area contributed by atoms with E-state index in [4.69, 9.17) is 4.74 Å². The number of rotatable bonds is 3. The maximum Gasteiger partial charge on any atom is 0.408 e. The minimum absolute atomic E-state index is 0.356. The fraction of sp³-hybridized carbons (Fsp3) is 0.176. The third-order valence-corrected chi connectivity index (χ3v) is 3.94. The number of carbonyl (C=O) groups is 1. The van der Waals surface area contributed by atoms with Crippen LogP contribution in [0.5, 0.6) is 0 Å². The third kappa shape index (κ3) is 2.60. The minimum atomic E-state index is -0.600. The summed E-state index contributed by atoms with van der Waals surface area (Å²) in [6.45, 7) is 0. The van der Waals surface area contributed by atoms with Crippen LogP contribution in [0.2, 0.25) is 0 Å². The van der Waals surface area contributed by atoms with Crippen LogP contribution in [-0.4, -0.2) is 26.3 Å². The molecule has 3 aromatic rings. The maximum atomic E-state index is 11.8. The highest BCUT2D eigenvalue weighted by molar-refractivity contribution is 5.71. The van der Waals surface area contributed by atoms with Crippen LogP contribution >= 0.6 is 0 Å². The van der Waals surface area contributed by atoms with Gasteiger partial charge in [-0.15, -0.1) is 10.2 Å². The molecule has 120 valence electrons. The number of cyclic esters (lactones) is 1. The highest BCUT2D eigenvalue weighted by Crippen LogP contribution is 2.36. The first-order valence-corrected chi connectivity index (χ1v) is 7.57. The van der Waals surface area contributed by atoms with Gasteiger partial charge in [-0.1, -0.05) is 48.5 Å². The summed E-state index contributed by atoms with van der Waals surface area (Å²) in [6, 6.07) is 17.7. The summed E-state index contributed by atoms with van der Waals surface area (Å²) >= 11 is 0. The summed E-state index contributed by atoms with van der Waals surface area (Å²) in [4.78, 5) is 13.1. The van der Waals surface area contributed by atoms with Gasteiger partial charge in [0, 0.05) is 0 Å². The minimum Gasteiger partial charge on any atom is -0.435 e. The molecule has 0 bridgehead atoms. The molecule has 1 saturated heterocycles. The second-order valence-electron chi connectivity index (χ2n) is 5.58. The molecule has 1 amide bonds. The molecule has 1 aromatic heterocycles. The van der Waals surface area contributed by atoms with Crippen molar-refractivity contribution >= 4 is 6.09 Å². The Kier molecular flexibility index (Phi) is 3.45. The van der Waals surface area contributed by atoms with Gasteiger partial charge in [-0.05, 0) is 28.0 Å². The summed E-state index contributed by atoms with van der Waals surface area (Å²) in [5.74, 6) is 0.381. The van der Waals surface area contributed by atoms with Gasteiger partial charge in [0.2, 0.25) is 5.82 Å². The second kappa shape index (κ2) is 5.77. The van der Waals surface area contributed by atoms with Crippen molar-refractivity contribution in [3.8, 4) is 11.1 Å². The number of carbonyl (C=O) groups excluding carboxylic acids is 1. The van der Waals surface area contributed by atoms with E-state index < -0.39 is 12.2 Å². The molecular weight excluding hydrogens is 306 g/mol. The van der Waals surface area contributed by atoms with Gasteiger partial charge in [0.25, 0.3) is 0 Å². The van der Waals surface area contributed by atoms with Crippen molar-refractivity contribution in [3.63, 3.8) is 0 Å². The lowest BCUT2D eigenvalue weighted by atomic mass is 9.97. The number of ether oxygens (including phenoxy) is 1. The first-order chi connectivity index (χ1) is 11.7. The Morgan fingerprint density at radius 1 is 1.08 bits per heavy atom. The Bertz CT molecular complexity index is 877. The molecule has 1 N–H and O–H groups in total. The van der Waals surface area contributed by atoms with Crippen molar-refractivity contribution in [1.29, 1.82) is 0 Å². The molecule has 7 heteroatoms. The molecule has 2 aromatic carbocycles. The lowest BCUT2D eigenvalue weighted by Gasteiger charge is -2.15. The van der Waals surface area contributed by atoms with E-state index in [-0.39, 0.29) is 6.04 Å². The highest BCUT2D eigenvalue weighted by Gasteiger charge is 2.39. The SMILES string of the molecule is Cn1nnc([C@H]2OC(=O)N[C@@H]2c2cccc(-c3ccccc3)c2)n1. The van der Waals surface area contributed by atoms with E-state index in [0.717, 1.165) is 16.7 Å².